The molecule has 5 aromatic carbocycles. The molecule has 0 radical (unpaired) electrons. The number of rotatable bonds is 9. The van der Waals surface area contributed by atoms with E-state index in [4.69, 9.17) is 9.47 Å². The number of para-hydroxylation sites is 1. The van der Waals surface area contributed by atoms with Gasteiger partial charge in [0.25, 0.3) is 0 Å². The molecule has 38 heavy (non-hydrogen) atoms. The van der Waals surface area contributed by atoms with Crippen molar-refractivity contribution < 1.29 is 9.47 Å². The normalized spacial score (nSPS) is 11.7. The molecule has 5 rings (SSSR count). The van der Waals surface area contributed by atoms with E-state index in [0.717, 1.165) is 34.1 Å². The summed E-state index contributed by atoms with van der Waals surface area (Å²) in [5.74, 6) is 1.84. The van der Waals surface area contributed by atoms with Gasteiger partial charge < -0.3 is 14.4 Å². The van der Waals surface area contributed by atoms with E-state index < -0.39 is 0 Å². The monoisotopic (exact) mass is 497 g/mol. The van der Waals surface area contributed by atoms with Gasteiger partial charge in [-0.3, -0.25) is 0 Å². The average Bonchev–Trinajstić information content (AvgIpc) is 3.00. The minimum Gasteiger partial charge on any atom is -0.497 e. The zero-order valence-electron chi connectivity index (χ0n) is 21.7. The van der Waals surface area contributed by atoms with Crippen LogP contribution in [0.15, 0.2) is 140 Å². The Bertz CT molecular complexity index is 1440. The highest BCUT2D eigenvalue weighted by molar-refractivity contribution is 5.77. The summed E-state index contributed by atoms with van der Waals surface area (Å²) in [4.78, 5) is 2.25. The zero-order valence-corrected chi connectivity index (χ0v) is 21.7. The van der Waals surface area contributed by atoms with Crippen LogP contribution in [0.3, 0.4) is 0 Å². The maximum atomic E-state index is 5.37. The summed E-state index contributed by atoms with van der Waals surface area (Å²) >= 11 is 0. The minimum atomic E-state index is 0.141. The fraction of sp³-hybridized carbons (Fsp3) is 0.0857. The second-order valence-corrected chi connectivity index (χ2v) is 8.98. The highest BCUT2D eigenvalue weighted by atomic mass is 16.5. The molecule has 0 N–H and O–H groups in total. The summed E-state index contributed by atoms with van der Waals surface area (Å²) in [6, 6.07) is 46.1. The van der Waals surface area contributed by atoms with Crippen LogP contribution in [-0.2, 0) is 0 Å². The van der Waals surface area contributed by atoms with E-state index in [2.05, 4.69) is 120 Å². The molecule has 0 saturated carbocycles. The predicted octanol–water partition coefficient (Wildman–Crippen LogP) is 9.02. The third kappa shape index (κ3) is 5.79. The Kier molecular flexibility index (Phi) is 7.86. The molecule has 0 aliphatic rings. The summed E-state index contributed by atoms with van der Waals surface area (Å²) in [7, 11) is 3.38. The standard InChI is InChI=1S/C35H31NO2/c1-37-33-22-16-29(17-23-33)35(28-9-5-3-6-10-28)26-15-27-13-18-31(19-14-27)36(30-11-7-4-8-12-30)32-20-24-34(38-2)25-21-32/h3-26,35H,1-2H3. The fourth-order valence-electron chi connectivity index (χ4n) is 4.58. The highest BCUT2D eigenvalue weighted by Gasteiger charge is 2.13. The SMILES string of the molecule is COc1ccc(C(C=Cc2ccc(N(c3ccccc3)c3ccc(OC)cc3)cc2)c2ccccc2)cc1. The summed E-state index contributed by atoms with van der Waals surface area (Å²) in [6.45, 7) is 0. The summed E-state index contributed by atoms with van der Waals surface area (Å²) in [6.07, 6.45) is 4.47. The van der Waals surface area contributed by atoms with Crippen LogP contribution < -0.4 is 14.4 Å². The van der Waals surface area contributed by atoms with Crippen LogP contribution in [0.4, 0.5) is 17.1 Å². The van der Waals surface area contributed by atoms with Crippen LogP contribution in [0.25, 0.3) is 6.08 Å². The first kappa shape index (κ1) is 24.9. The first-order valence-corrected chi connectivity index (χ1v) is 12.7. The average molecular weight is 498 g/mol. The van der Waals surface area contributed by atoms with Crippen LogP contribution in [0.1, 0.15) is 22.6 Å². The lowest BCUT2D eigenvalue weighted by Gasteiger charge is -2.25. The largest absolute Gasteiger partial charge is 0.497 e. The molecule has 0 saturated heterocycles. The van der Waals surface area contributed by atoms with E-state index in [-0.39, 0.29) is 5.92 Å². The van der Waals surface area contributed by atoms with E-state index in [1.807, 2.05) is 30.3 Å². The molecule has 0 bridgehead atoms. The number of anilines is 3. The van der Waals surface area contributed by atoms with Crippen molar-refractivity contribution in [3.63, 3.8) is 0 Å². The molecule has 188 valence electrons. The number of hydrogen-bond acceptors (Lipinski definition) is 3. The van der Waals surface area contributed by atoms with E-state index in [1.165, 1.54) is 11.1 Å². The predicted molar refractivity (Wildman–Crippen MR) is 158 cm³/mol. The Balaban J connectivity index is 1.44. The van der Waals surface area contributed by atoms with Crippen molar-refractivity contribution in [1.29, 1.82) is 0 Å². The summed E-state index contributed by atoms with van der Waals surface area (Å²) in [5, 5.41) is 0. The van der Waals surface area contributed by atoms with Crippen molar-refractivity contribution in [1.82, 2.24) is 0 Å². The molecule has 0 fully saturated rings. The number of ether oxygens (including phenoxy) is 2. The van der Waals surface area contributed by atoms with Crippen molar-refractivity contribution in [2.75, 3.05) is 19.1 Å². The first-order valence-electron chi connectivity index (χ1n) is 12.7. The number of benzene rings is 5. The Morgan fingerprint density at radius 2 is 0.947 bits per heavy atom. The van der Waals surface area contributed by atoms with E-state index in [0.29, 0.717) is 0 Å². The number of methoxy groups -OCH3 is 2. The molecule has 0 aromatic heterocycles. The lowest BCUT2D eigenvalue weighted by atomic mass is 9.90. The molecule has 1 unspecified atom stereocenters. The van der Waals surface area contributed by atoms with Gasteiger partial charge in [-0.1, -0.05) is 84.9 Å². The van der Waals surface area contributed by atoms with Crippen LogP contribution in [-0.4, -0.2) is 14.2 Å². The fourth-order valence-corrected chi connectivity index (χ4v) is 4.58. The highest BCUT2D eigenvalue weighted by Crippen LogP contribution is 2.35. The third-order valence-electron chi connectivity index (χ3n) is 6.61. The van der Waals surface area contributed by atoms with Gasteiger partial charge in [0.15, 0.2) is 0 Å². The van der Waals surface area contributed by atoms with Crippen molar-refractivity contribution in [3.05, 3.63) is 156 Å². The molecular formula is C35H31NO2. The van der Waals surface area contributed by atoms with Crippen molar-refractivity contribution in [2.45, 2.75) is 5.92 Å². The minimum absolute atomic E-state index is 0.141. The lowest BCUT2D eigenvalue weighted by molar-refractivity contribution is 0.414. The number of hydrogen-bond donors (Lipinski definition) is 0. The van der Waals surface area contributed by atoms with Gasteiger partial charge >= 0.3 is 0 Å². The molecule has 0 heterocycles. The number of allylic oxidation sites excluding steroid dienone is 1. The molecular weight excluding hydrogens is 466 g/mol. The van der Waals surface area contributed by atoms with E-state index in [9.17, 15) is 0 Å². The van der Waals surface area contributed by atoms with Gasteiger partial charge in [-0.15, -0.1) is 0 Å². The van der Waals surface area contributed by atoms with Gasteiger partial charge in [0.1, 0.15) is 11.5 Å². The Morgan fingerprint density at radius 3 is 1.50 bits per heavy atom. The van der Waals surface area contributed by atoms with Crippen LogP contribution in [0.2, 0.25) is 0 Å². The quantitative estimate of drug-likeness (QED) is 0.203. The molecule has 0 spiro atoms. The smallest absolute Gasteiger partial charge is 0.119 e. The molecule has 0 aliphatic carbocycles. The van der Waals surface area contributed by atoms with Crippen LogP contribution in [0, 0.1) is 0 Å². The van der Waals surface area contributed by atoms with Gasteiger partial charge in [-0.05, 0) is 77.4 Å². The second kappa shape index (κ2) is 12.0. The van der Waals surface area contributed by atoms with E-state index >= 15 is 0 Å². The van der Waals surface area contributed by atoms with Gasteiger partial charge in [-0.25, -0.2) is 0 Å². The maximum Gasteiger partial charge on any atom is 0.119 e. The molecule has 5 aromatic rings. The van der Waals surface area contributed by atoms with Gasteiger partial charge in [-0.2, -0.15) is 0 Å². The number of nitrogens with zero attached hydrogens (tertiary/aromatic N) is 1. The first-order chi connectivity index (χ1) is 18.7. The van der Waals surface area contributed by atoms with Crippen molar-refractivity contribution in [3.8, 4) is 11.5 Å². The molecule has 3 heteroatoms. The van der Waals surface area contributed by atoms with Crippen molar-refractivity contribution >= 4 is 23.1 Å². The molecule has 1 atom stereocenters. The van der Waals surface area contributed by atoms with Gasteiger partial charge in [0.05, 0.1) is 14.2 Å². The van der Waals surface area contributed by atoms with Gasteiger partial charge in [0.2, 0.25) is 0 Å². The van der Waals surface area contributed by atoms with Gasteiger partial charge in [0, 0.05) is 23.0 Å². The lowest BCUT2D eigenvalue weighted by Crippen LogP contribution is -2.09. The third-order valence-corrected chi connectivity index (χ3v) is 6.61. The van der Waals surface area contributed by atoms with Crippen LogP contribution >= 0.6 is 0 Å². The Morgan fingerprint density at radius 1 is 0.500 bits per heavy atom. The maximum absolute atomic E-state index is 5.37. The topological polar surface area (TPSA) is 21.7 Å². The molecule has 0 aliphatic heterocycles. The Labute approximate surface area is 225 Å². The van der Waals surface area contributed by atoms with Crippen molar-refractivity contribution in [2.24, 2.45) is 0 Å². The second-order valence-electron chi connectivity index (χ2n) is 8.98. The van der Waals surface area contributed by atoms with E-state index in [1.54, 1.807) is 14.2 Å². The molecule has 3 nitrogen and oxygen atoms in total. The zero-order chi connectivity index (χ0) is 26.2. The summed E-state index contributed by atoms with van der Waals surface area (Å²) < 4.78 is 10.7. The molecule has 0 amide bonds. The Hall–Kier alpha value is -4.76. The van der Waals surface area contributed by atoms with Crippen LogP contribution in [0.5, 0.6) is 11.5 Å². The summed E-state index contributed by atoms with van der Waals surface area (Å²) in [5.41, 5.74) is 6.88.